The van der Waals surface area contributed by atoms with Gasteiger partial charge in [0.2, 0.25) is 11.7 Å². The molecule has 0 unspecified atom stereocenters. The van der Waals surface area contributed by atoms with E-state index in [0.717, 1.165) is 29.3 Å². The molecule has 0 spiro atoms. The van der Waals surface area contributed by atoms with E-state index in [2.05, 4.69) is 10.3 Å². The van der Waals surface area contributed by atoms with Gasteiger partial charge in [-0.25, -0.2) is 0 Å². The van der Waals surface area contributed by atoms with Crippen molar-refractivity contribution >= 4 is 16.8 Å². The highest BCUT2D eigenvalue weighted by molar-refractivity contribution is 5.94. The Bertz CT molecular complexity index is 765. The minimum Gasteiger partial charge on any atom is -0.493 e. The Morgan fingerprint density at radius 2 is 1.92 bits per heavy atom. The summed E-state index contributed by atoms with van der Waals surface area (Å²) in [5, 5.41) is 3.99. The first kappa shape index (κ1) is 18.4. The van der Waals surface area contributed by atoms with Gasteiger partial charge in [-0.05, 0) is 24.8 Å². The zero-order valence-electron chi connectivity index (χ0n) is 15.5. The van der Waals surface area contributed by atoms with Gasteiger partial charge in [0.1, 0.15) is 0 Å². The van der Waals surface area contributed by atoms with Crippen LogP contribution in [0.3, 0.4) is 0 Å². The van der Waals surface area contributed by atoms with Crippen LogP contribution in [-0.4, -0.2) is 52.0 Å². The zero-order chi connectivity index (χ0) is 18.5. The quantitative estimate of drug-likeness (QED) is 0.790. The number of fused-ring (bicyclic) bond motifs is 1. The number of amides is 1. The molecular weight excluding hydrogens is 336 g/mol. The molecule has 26 heavy (non-hydrogen) atoms. The van der Waals surface area contributed by atoms with E-state index in [1.165, 1.54) is 0 Å². The fraction of sp³-hybridized carbons (Fsp3) is 0.526. The summed E-state index contributed by atoms with van der Waals surface area (Å²) in [7, 11) is 4.80. The molecule has 0 bridgehead atoms. The minimum absolute atomic E-state index is 0.0608. The fourth-order valence-electron chi connectivity index (χ4n) is 3.45. The van der Waals surface area contributed by atoms with Gasteiger partial charge in [0.15, 0.2) is 11.5 Å². The lowest BCUT2D eigenvalue weighted by Gasteiger charge is -2.21. The standard InChI is InChI=1S/C19H26N2O5/c1-23-15-10-14-16(18(25-3)17(15)24-2)13(11-21-14)4-7-20-19(22)12-5-8-26-9-6-12/h10-12,21H,4-9H2,1-3H3,(H,20,22). The van der Waals surface area contributed by atoms with E-state index in [-0.39, 0.29) is 11.8 Å². The van der Waals surface area contributed by atoms with Crippen LogP contribution in [0.4, 0.5) is 0 Å². The van der Waals surface area contributed by atoms with Gasteiger partial charge in [-0.15, -0.1) is 0 Å². The van der Waals surface area contributed by atoms with Gasteiger partial charge in [-0.1, -0.05) is 0 Å². The Morgan fingerprint density at radius 3 is 2.58 bits per heavy atom. The van der Waals surface area contributed by atoms with Crippen LogP contribution in [-0.2, 0) is 16.0 Å². The van der Waals surface area contributed by atoms with Gasteiger partial charge in [0.25, 0.3) is 0 Å². The first-order chi connectivity index (χ1) is 12.7. The Labute approximate surface area is 152 Å². The van der Waals surface area contributed by atoms with Crippen LogP contribution >= 0.6 is 0 Å². The third kappa shape index (κ3) is 3.58. The predicted molar refractivity (Wildman–Crippen MR) is 98.2 cm³/mol. The normalized spacial score (nSPS) is 15.0. The van der Waals surface area contributed by atoms with Crippen LogP contribution in [0, 0.1) is 5.92 Å². The highest BCUT2D eigenvalue weighted by Crippen LogP contribution is 2.44. The molecule has 2 aromatic rings. The third-order valence-corrected chi connectivity index (χ3v) is 4.84. The number of hydrogen-bond acceptors (Lipinski definition) is 5. The molecule has 2 heterocycles. The van der Waals surface area contributed by atoms with Crippen LogP contribution in [0.1, 0.15) is 18.4 Å². The summed E-state index contributed by atoms with van der Waals surface area (Å²) >= 11 is 0. The second-order valence-electron chi connectivity index (χ2n) is 6.31. The van der Waals surface area contributed by atoms with Crippen LogP contribution in [0.15, 0.2) is 12.3 Å². The Balaban J connectivity index is 1.75. The zero-order valence-corrected chi connectivity index (χ0v) is 15.5. The molecule has 7 heteroatoms. The molecule has 1 fully saturated rings. The SMILES string of the molecule is COc1cc2[nH]cc(CCNC(=O)C3CCOCC3)c2c(OC)c1OC. The van der Waals surface area contributed by atoms with Crippen molar-refractivity contribution in [3.63, 3.8) is 0 Å². The molecule has 1 aliphatic rings. The number of aromatic nitrogens is 1. The lowest BCUT2D eigenvalue weighted by atomic mass is 9.99. The number of carbonyl (C=O) groups excluding carboxylic acids is 1. The molecule has 1 aliphatic heterocycles. The molecule has 2 N–H and O–H groups in total. The van der Waals surface area contributed by atoms with Crippen molar-refractivity contribution in [1.29, 1.82) is 0 Å². The van der Waals surface area contributed by atoms with E-state index in [4.69, 9.17) is 18.9 Å². The van der Waals surface area contributed by atoms with Crippen molar-refractivity contribution in [2.45, 2.75) is 19.3 Å². The number of benzene rings is 1. The second-order valence-corrected chi connectivity index (χ2v) is 6.31. The Morgan fingerprint density at radius 1 is 1.19 bits per heavy atom. The topological polar surface area (TPSA) is 81.8 Å². The molecule has 1 saturated heterocycles. The maximum absolute atomic E-state index is 12.3. The molecule has 0 saturated carbocycles. The van der Waals surface area contributed by atoms with Crippen molar-refractivity contribution in [3.05, 3.63) is 17.8 Å². The number of carbonyl (C=O) groups is 1. The van der Waals surface area contributed by atoms with Crippen molar-refractivity contribution in [2.75, 3.05) is 41.1 Å². The largest absolute Gasteiger partial charge is 0.493 e. The minimum atomic E-state index is 0.0608. The second kappa shape index (κ2) is 8.31. The average Bonchev–Trinajstić information content (AvgIpc) is 3.09. The number of rotatable bonds is 7. The lowest BCUT2D eigenvalue weighted by molar-refractivity contribution is -0.127. The van der Waals surface area contributed by atoms with Gasteiger partial charge in [-0.3, -0.25) is 4.79 Å². The molecule has 7 nitrogen and oxygen atoms in total. The van der Waals surface area contributed by atoms with E-state index in [0.29, 0.717) is 43.4 Å². The molecule has 0 aliphatic carbocycles. The summed E-state index contributed by atoms with van der Waals surface area (Å²) in [5.74, 6) is 1.98. The highest BCUT2D eigenvalue weighted by Gasteiger charge is 2.22. The Kier molecular flexibility index (Phi) is 5.88. The first-order valence-electron chi connectivity index (χ1n) is 8.84. The summed E-state index contributed by atoms with van der Waals surface area (Å²) in [4.78, 5) is 15.5. The third-order valence-electron chi connectivity index (χ3n) is 4.84. The molecule has 0 atom stereocenters. The van der Waals surface area contributed by atoms with Crippen molar-refractivity contribution < 1.29 is 23.7 Å². The van der Waals surface area contributed by atoms with E-state index in [1.54, 1.807) is 21.3 Å². The summed E-state index contributed by atoms with van der Waals surface area (Å²) in [6.07, 6.45) is 4.22. The fourth-order valence-corrected chi connectivity index (χ4v) is 3.45. The number of aromatic amines is 1. The van der Waals surface area contributed by atoms with E-state index >= 15 is 0 Å². The smallest absolute Gasteiger partial charge is 0.223 e. The lowest BCUT2D eigenvalue weighted by Crippen LogP contribution is -2.35. The molecule has 1 aromatic carbocycles. The van der Waals surface area contributed by atoms with Crippen molar-refractivity contribution in [1.82, 2.24) is 10.3 Å². The molecule has 1 aromatic heterocycles. The van der Waals surface area contributed by atoms with Crippen LogP contribution in [0.2, 0.25) is 0 Å². The Hall–Kier alpha value is -2.41. The summed E-state index contributed by atoms with van der Waals surface area (Å²) < 4.78 is 21.7. The van der Waals surface area contributed by atoms with E-state index in [1.807, 2.05) is 12.3 Å². The molecule has 142 valence electrons. The van der Waals surface area contributed by atoms with Crippen LogP contribution < -0.4 is 19.5 Å². The highest BCUT2D eigenvalue weighted by atomic mass is 16.5. The van der Waals surface area contributed by atoms with Gasteiger partial charge in [0, 0.05) is 43.3 Å². The van der Waals surface area contributed by atoms with E-state index in [9.17, 15) is 4.79 Å². The molecular formula is C19H26N2O5. The van der Waals surface area contributed by atoms with Crippen molar-refractivity contribution in [3.8, 4) is 17.2 Å². The first-order valence-corrected chi connectivity index (χ1v) is 8.84. The molecule has 0 radical (unpaired) electrons. The van der Waals surface area contributed by atoms with Gasteiger partial charge in [0.05, 0.1) is 26.8 Å². The summed E-state index contributed by atoms with van der Waals surface area (Å²) in [6, 6.07) is 1.89. The van der Waals surface area contributed by atoms with Gasteiger partial charge < -0.3 is 29.2 Å². The maximum atomic E-state index is 12.3. The summed E-state index contributed by atoms with van der Waals surface area (Å²) in [6.45, 7) is 1.90. The predicted octanol–water partition coefficient (Wildman–Crippen LogP) is 2.28. The van der Waals surface area contributed by atoms with E-state index < -0.39 is 0 Å². The maximum Gasteiger partial charge on any atom is 0.223 e. The number of hydrogen-bond donors (Lipinski definition) is 2. The number of methoxy groups -OCH3 is 3. The summed E-state index contributed by atoms with van der Waals surface area (Å²) in [5.41, 5.74) is 1.97. The van der Waals surface area contributed by atoms with Gasteiger partial charge in [-0.2, -0.15) is 0 Å². The van der Waals surface area contributed by atoms with Crippen molar-refractivity contribution in [2.24, 2.45) is 5.92 Å². The van der Waals surface area contributed by atoms with Gasteiger partial charge >= 0.3 is 0 Å². The monoisotopic (exact) mass is 362 g/mol. The average molecular weight is 362 g/mol. The number of H-pyrrole nitrogens is 1. The van der Waals surface area contributed by atoms with Crippen LogP contribution in [0.25, 0.3) is 10.9 Å². The van der Waals surface area contributed by atoms with Crippen LogP contribution in [0.5, 0.6) is 17.2 Å². The number of ether oxygens (including phenoxy) is 4. The molecule has 3 rings (SSSR count). The number of nitrogens with one attached hydrogen (secondary N) is 2. The molecule has 1 amide bonds.